The van der Waals surface area contributed by atoms with E-state index in [9.17, 15) is 9.59 Å². The standard InChI is InChI=1S/C12H11NO3S/c1-16-9-4-2-8(3-5-9)10(14)6-12-13-11(15)7-17-12/h2-6H,7H2,1H3,(H,13,15)/b12-6+. The molecule has 1 heterocycles. The molecule has 5 heteroatoms. The van der Waals surface area contributed by atoms with Gasteiger partial charge < -0.3 is 10.1 Å². The zero-order valence-electron chi connectivity index (χ0n) is 9.23. The predicted octanol–water partition coefficient (Wildman–Crippen LogP) is 1.58. The minimum atomic E-state index is -0.127. The Morgan fingerprint density at radius 3 is 2.65 bits per heavy atom. The normalized spacial score (nSPS) is 17.0. The zero-order chi connectivity index (χ0) is 12.3. The van der Waals surface area contributed by atoms with Gasteiger partial charge in [-0.15, -0.1) is 0 Å². The quantitative estimate of drug-likeness (QED) is 0.652. The highest BCUT2D eigenvalue weighted by molar-refractivity contribution is 8.04. The molecule has 1 aromatic rings. The summed E-state index contributed by atoms with van der Waals surface area (Å²) in [6, 6.07) is 6.84. The lowest BCUT2D eigenvalue weighted by atomic mass is 10.1. The van der Waals surface area contributed by atoms with E-state index >= 15 is 0 Å². The summed E-state index contributed by atoms with van der Waals surface area (Å²) in [7, 11) is 1.57. The van der Waals surface area contributed by atoms with Crippen LogP contribution < -0.4 is 10.1 Å². The number of benzene rings is 1. The number of nitrogens with one attached hydrogen (secondary N) is 1. The van der Waals surface area contributed by atoms with Gasteiger partial charge in [-0.3, -0.25) is 9.59 Å². The Bertz CT molecular complexity index is 479. The molecule has 17 heavy (non-hydrogen) atoms. The number of thioether (sulfide) groups is 1. The smallest absolute Gasteiger partial charge is 0.235 e. The predicted molar refractivity (Wildman–Crippen MR) is 66.0 cm³/mol. The first-order chi connectivity index (χ1) is 8.19. The van der Waals surface area contributed by atoms with E-state index < -0.39 is 0 Å². The van der Waals surface area contributed by atoms with Crippen molar-refractivity contribution >= 4 is 23.5 Å². The van der Waals surface area contributed by atoms with Gasteiger partial charge in [0.2, 0.25) is 5.91 Å². The molecule has 0 saturated carbocycles. The molecule has 0 radical (unpaired) electrons. The molecule has 1 aliphatic heterocycles. The Kier molecular flexibility index (Phi) is 3.49. The van der Waals surface area contributed by atoms with Crippen LogP contribution in [-0.2, 0) is 4.79 Å². The fourth-order valence-electron chi connectivity index (χ4n) is 1.39. The summed E-state index contributed by atoms with van der Waals surface area (Å²) >= 11 is 1.34. The van der Waals surface area contributed by atoms with Gasteiger partial charge in [-0.25, -0.2) is 0 Å². The summed E-state index contributed by atoms with van der Waals surface area (Å²) in [5.74, 6) is 0.890. The van der Waals surface area contributed by atoms with E-state index in [2.05, 4.69) is 5.32 Å². The molecule has 0 atom stereocenters. The number of methoxy groups -OCH3 is 1. The van der Waals surface area contributed by atoms with Crippen molar-refractivity contribution in [3.05, 3.63) is 40.9 Å². The highest BCUT2D eigenvalue weighted by Gasteiger charge is 2.16. The number of amides is 1. The molecule has 1 fully saturated rings. The Morgan fingerprint density at radius 1 is 1.41 bits per heavy atom. The number of carbonyl (C=O) groups excluding carboxylic acids is 2. The lowest BCUT2D eigenvalue weighted by Gasteiger charge is -2.01. The number of allylic oxidation sites excluding steroid dienone is 1. The molecule has 1 aromatic carbocycles. The van der Waals surface area contributed by atoms with Crippen LogP contribution in [0.5, 0.6) is 5.75 Å². The molecule has 0 aromatic heterocycles. The van der Waals surface area contributed by atoms with Gasteiger partial charge in [0.25, 0.3) is 0 Å². The highest BCUT2D eigenvalue weighted by Crippen LogP contribution is 2.20. The molecule has 1 N–H and O–H groups in total. The Labute approximate surface area is 103 Å². The summed E-state index contributed by atoms with van der Waals surface area (Å²) in [4.78, 5) is 22.8. The Morgan fingerprint density at radius 2 is 2.12 bits per heavy atom. The molecule has 1 amide bonds. The maximum Gasteiger partial charge on any atom is 0.235 e. The Hall–Kier alpha value is -1.75. The molecule has 88 valence electrons. The van der Waals surface area contributed by atoms with Crippen molar-refractivity contribution in [2.24, 2.45) is 0 Å². The highest BCUT2D eigenvalue weighted by atomic mass is 32.2. The molecular weight excluding hydrogens is 238 g/mol. The van der Waals surface area contributed by atoms with Crippen molar-refractivity contribution in [3.8, 4) is 5.75 Å². The van der Waals surface area contributed by atoms with Crippen molar-refractivity contribution in [1.29, 1.82) is 0 Å². The third-order valence-electron chi connectivity index (χ3n) is 2.26. The molecule has 4 nitrogen and oxygen atoms in total. The van der Waals surface area contributed by atoms with E-state index in [0.29, 0.717) is 22.1 Å². The second-order valence-electron chi connectivity index (χ2n) is 3.44. The first-order valence-electron chi connectivity index (χ1n) is 5.02. The summed E-state index contributed by atoms with van der Waals surface area (Å²) in [5.41, 5.74) is 0.569. The molecule has 2 rings (SSSR count). The van der Waals surface area contributed by atoms with Crippen LogP contribution in [0.4, 0.5) is 0 Å². The van der Waals surface area contributed by atoms with Gasteiger partial charge in [0.15, 0.2) is 5.78 Å². The number of carbonyl (C=O) groups is 2. The van der Waals surface area contributed by atoms with Gasteiger partial charge in [0.05, 0.1) is 17.9 Å². The van der Waals surface area contributed by atoms with E-state index in [4.69, 9.17) is 4.74 Å². The SMILES string of the molecule is COc1ccc(C(=O)/C=C2\NC(=O)CS2)cc1. The van der Waals surface area contributed by atoms with Gasteiger partial charge >= 0.3 is 0 Å². The maximum atomic E-state index is 11.8. The molecular formula is C12H11NO3S. The van der Waals surface area contributed by atoms with Crippen LogP contribution >= 0.6 is 11.8 Å². The van der Waals surface area contributed by atoms with Crippen LogP contribution in [0.2, 0.25) is 0 Å². The fourth-order valence-corrected chi connectivity index (χ4v) is 2.12. The number of rotatable bonds is 3. The van der Waals surface area contributed by atoms with E-state index in [1.54, 1.807) is 31.4 Å². The summed E-state index contributed by atoms with van der Waals surface area (Å²) in [5, 5.41) is 3.22. The van der Waals surface area contributed by atoms with E-state index in [1.807, 2.05) is 0 Å². The lowest BCUT2D eigenvalue weighted by molar-refractivity contribution is -0.117. The third-order valence-corrected chi connectivity index (χ3v) is 3.20. The Balaban J connectivity index is 2.11. The largest absolute Gasteiger partial charge is 0.497 e. The molecule has 0 aliphatic carbocycles. The molecule has 0 spiro atoms. The van der Waals surface area contributed by atoms with Crippen molar-refractivity contribution in [3.63, 3.8) is 0 Å². The third kappa shape index (κ3) is 2.88. The molecule has 0 unspecified atom stereocenters. The van der Waals surface area contributed by atoms with Crippen LogP contribution in [0.15, 0.2) is 35.4 Å². The second kappa shape index (κ2) is 5.05. The van der Waals surface area contributed by atoms with Gasteiger partial charge in [0.1, 0.15) is 5.75 Å². The van der Waals surface area contributed by atoms with Crippen molar-refractivity contribution in [2.45, 2.75) is 0 Å². The number of ether oxygens (including phenoxy) is 1. The van der Waals surface area contributed by atoms with Gasteiger partial charge in [-0.1, -0.05) is 11.8 Å². The number of hydrogen-bond donors (Lipinski definition) is 1. The van der Waals surface area contributed by atoms with E-state index in [0.717, 1.165) is 0 Å². The first kappa shape index (κ1) is 11.7. The van der Waals surface area contributed by atoms with Crippen LogP contribution in [0, 0.1) is 0 Å². The molecule has 1 aliphatic rings. The van der Waals surface area contributed by atoms with Crippen LogP contribution in [0.3, 0.4) is 0 Å². The van der Waals surface area contributed by atoms with Crippen molar-refractivity contribution < 1.29 is 14.3 Å². The number of ketones is 1. The molecule has 0 bridgehead atoms. The monoisotopic (exact) mass is 249 g/mol. The fraction of sp³-hybridized carbons (Fsp3) is 0.167. The van der Waals surface area contributed by atoms with E-state index in [-0.39, 0.29) is 11.7 Å². The average molecular weight is 249 g/mol. The minimum Gasteiger partial charge on any atom is -0.497 e. The summed E-state index contributed by atoms with van der Waals surface area (Å²) in [6.07, 6.45) is 1.44. The van der Waals surface area contributed by atoms with Gasteiger partial charge in [0, 0.05) is 11.6 Å². The summed E-state index contributed by atoms with van der Waals surface area (Å²) < 4.78 is 5.01. The zero-order valence-corrected chi connectivity index (χ0v) is 10.0. The summed E-state index contributed by atoms with van der Waals surface area (Å²) in [6.45, 7) is 0. The van der Waals surface area contributed by atoms with Crippen molar-refractivity contribution in [2.75, 3.05) is 12.9 Å². The second-order valence-corrected chi connectivity index (χ2v) is 4.46. The van der Waals surface area contributed by atoms with Gasteiger partial charge in [-0.2, -0.15) is 0 Å². The van der Waals surface area contributed by atoms with Crippen LogP contribution in [0.1, 0.15) is 10.4 Å². The lowest BCUT2D eigenvalue weighted by Crippen LogP contribution is -2.14. The topological polar surface area (TPSA) is 55.4 Å². The maximum absolute atomic E-state index is 11.8. The molecule has 1 saturated heterocycles. The van der Waals surface area contributed by atoms with E-state index in [1.165, 1.54) is 17.8 Å². The average Bonchev–Trinajstić information content (AvgIpc) is 2.75. The minimum absolute atomic E-state index is 0.0659. The number of hydrogen-bond acceptors (Lipinski definition) is 4. The van der Waals surface area contributed by atoms with Crippen LogP contribution in [0.25, 0.3) is 0 Å². The van der Waals surface area contributed by atoms with Gasteiger partial charge in [-0.05, 0) is 24.3 Å². The van der Waals surface area contributed by atoms with Crippen molar-refractivity contribution in [1.82, 2.24) is 5.32 Å². The van der Waals surface area contributed by atoms with Crippen LogP contribution in [-0.4, -0.2) is 24.6 Å². The first-order valence-corrected chi connectivity index (χ1v) is 6.00.